The zero-order valence-corrected chi connectivity index (χ0v) is 14.1. The van der Waals surface area contributed by atoms with Crippen molar-refractivity contribution in [1.29, 1.82) is 0 Å². The first-order valence-electron chi connectivity index (χ1n) is 7.56. The molecule has 0 aliphatic heterocycles. The van der Waals surface area contributed by atoms with Gasteiger partial charge in [-0.1, -0.05) is 55.5 Å². The molecule has 0 aliphatic carbocycles. The van der Waals surface area contributed by atoms with Crippen LogP contribution in [-0.4, -0.2) is 32.1 Å². The Hall–Kier alpha value is -2.04. The van der Waals surface area contributed by atoms with E-state index in [1.165, 1.54) is 0 Å². The minimum atomic E-state index is -0.110. The van der Waals surface area contributed by atoms with E-state index in [4.69, 9.17) is 4.74 Å². The molecule has 4 nitrogen and oxygen atoms in total. The maximum Gasteiger partial charge on any atom is 0.257 e. The van der Waals surface area contributed by atoms with E-state index >= 15 is 0 Å². The first-order valence-corrected chi connectivity index (χ1v) is 7.56. The van der Waals surface area contributed by atoms with Crippen molar-refractivity contribution in [3.63, 3.8) is 0 Å². The van der Waals surface area contributed by atoms with Crippen LogP contribution in [0.4, 0.5) is 0 Å². The van der Waals surface area contributed by atoms with Crippen LogP contribution in [0, 0.1) is 0 Å². The second-order valence-corrected chi connectivity index (χ2v) is 4.85. The quantitative estimate of drug-likeness (QED) is 0.730. The van der Waals surface area contributed by atoms with Crippen LogP contribution in [0.2, 0.25) is 0 Å². The highest BCUT2D eigenvalue weighted by atomic mass is 35.5. The van der Waals surface area contributed by atoms with Crippen LogP contribution in [0.5, 0.6) is 5.75 Å². The molecular formula is C18H23ClN2O2. The molecule has 0 unspecified atom stereocenters. The Morgan fingerprint density at radius 3 is 2.43 bits per heavy atom. The second-order valence-electron chi connectivity index (χ2n) is 4.85. The molecular weight excluding hydrogens is 312 g/mol. The number of ether oxygens (including phenoxy) is 1. The third kappa shape index (κ3) is 6.30. The van der Waals surface area contributed by atoms with Gasteiger partial charge in [0.25, 0.3) is 5.91 Å². The van der Waals surface area contributed by atoms with Gasteiger partial charge in [-0.25, -0.2) is 0 Å². The molecule has 0 atom stereocenters. The third-order valence-electron chi connectivity index (χ3n) is 3.20. The number of halogens is 1. The van der Waals surface area contributed by atoms with Gasteiger partial charge in [0.05, 0.1) is 0 Å². The van der Waals surface area contributed by atoms with Gasteiger partial charge in [0.1, 0.15) is 5.75 Å². The Morgan fingerprint density at radius 1 is 1.00 bits per heavy atom. The van der Waals surface area contributed by atoms with Gasteiger partial charge in [-0.05, 0) is 18.2 Å². The lowest BCUT2D eigenvalue weighted by molar-refractivity contribution is -0.123. The van der Waals surface area contributed by atoms with Crippen molar-refractivity contribution in [3.05, 3.63) is 54.6 Å². The van der Waals surface area contributed by atoms with Crippen LogP contribution in [0.15, 0.2) is 54.6 Å². The number of hydrogen-bond donors (Lipinski definition) is 2. The van der Waals surface area contributed by atoms with E-state index < -0.39 is 0 Å². The molecule has 2 N–H and O–H groups in total. The van der Waals surface area contributed by atoms with E-state index in [2.05, 4.69) is 10.6 Å². The molecule has 23 heavy (non-hydrogen) atoms. The average molecular weight is 335 g/mol. The van der Waals surface area contributed by atoms with Crippen LogP contribution in [0.3, 0.4) is 0 Å². The number of hydrogen-bond acceptors (Lipinski definition) is 3. The molecule has 1 amide bonds. The summed E-state index contributed by atoms with van der Waals surface area (Å²) in [7, 11) is 0. The van der Waals surface area contributed by atoms with Gasteiger partial charge in [-0.2, -0.15) is 0 Å². The number of carbonyl (C=O) groups excluding carboxylic acids is 1. The first-order chi connectivity index (χ1) is 10.8. The van der Waals surface area contributed by atoms with E-state index in [0.29, 0.717) is 6.54 Å². The van der Waals surface area contributed by atoms with Gasteiger partial charge < -0.3 is 15.4 Å². The van der Waals surface area contributed by atoms with E-state index in [1.807, 2.05) is 61.5 Å². The normalized spacial score (nSPS) is 9.78. The summed E-state index contributed by atoms with van der Waals surface area (Å²) >= 11 is 0. The zero-order chi connectivity index (χ0) is 15.6. The maximum absolute atomic E-state index is 11.8. The molecule has 5 heteroatoms. The topological polar surface area (TPSA) is 50.4 Å². The van der Waals surface area contributed by atoms with E-state index in [1.54, 1.807) is 0 Å². The fraction of sp³-hybridized carbons (Fsp3) is 0.278. The van der Waals surface area contributed by atoms with Crippen LogP contribution >= 0.6 is 12.4 Å². The predicted molar refractivity (Wildman–Crippen MR) is 96.2 cm³/mol. The highest BCUT2D eigenvalue weighted by Crippen LogP contribution is 2.29. The Balaban J connectivity index is 0.00000264. The molecule has 2 rings (SSSR count). The highest BCUT2D eigenvalue weighted by molar-refractivity contribution is 5.85. The largest absolute Gasteiger partial charge is 0.483 e. The SMILES string of the molecule is CCNCCNC(=O)COc1ccccc1-c1ccccc1.Cl. The van der Waals surface area contributed by atoms with Crippen molar-refractivity contribution in [3.8, 4) is 16.9 Å². The summed E-state index contributed by atoms with van der Waals surface area (Å²) < 4.78 is 5.68. The number of likely N-dealkylation sites (N-methyl/N-ethyl adjacent to an activating group) is 1. The number of amides is 1. The molecule has 0 bridgehead atoms. The van der Waals surface area contributed by atoms with Gasteiger partial charge in [-0.3, -0.25) is 4.79 Å². The number of carbonyl (C=O) groups is 1. The van der Waals surface area contributed by atoms with Gasteiger partial charge >= 0.3 is 0 Å². The fourth-order valence-electron chi connectivity index (χ4n) is 2.11. The van der Waals surface area contributed by atoms with E-state index in [9.17, 15) is 4.79 Å². The summed E-state index contributed by atoms with van der Waals surface area (Å²) in [4.78, 5) is 11.8. The minimum Gasteiger partial charge on any atom is -0.483 e. The molecule has 0 aromatic heterocycles. The highest BCUT2D eigenvalue weighted by Gasteiger charge is 2.07. The summed E-state index contributed by atoms with van der Waals surface area (Å²) in [5.41, 5.74) is 2.06. The van der Waals surface area contributed by atoms with E-state index in [-0.39, 0.29) is 24.9 Å². The number of para-hydroxylation sites is 1. The lowest BCUT2D eigenvalue weighted by atomic mass is 10.1. The van der Waals surface area contributed by atoms with Crippen LogP contribution < -0.4 is 15.4 Å². The number of benzene rings is 2. The molecule has 0 spiro atoms. The summed E-state index contributed by atoms with van der Waals surface area (Å²) in [6.07, 6.45) is 0. The number of nitrogens with one attached hydrogen (secondary N) is 2. The van der Waals surface area contributed by atoms with Crippen LogP contribution in [-0.2, 0) is 4.79 Å². The standard InChI is InChI=1S/C18H22N2O2.ClH/c1-2-19-12-13-20-18(21)14-22-17-11-7-6-10-16(17)15-8-4-3-5-9-15;/h3-11,19H,2,12-14H2,1H3,(H,20,21);1H. The maximum atomic E-state index is 11.8. The van der Waals surface area contributed by atoms with Crippen molar-refractivity contribution in [1.82, 2.24) is 10.6 Å². The predicted octanol–water partition coefficient (Wildman–Crippen LogP) is 2.88. The average Bonchev–Trinajstić information content (AvgIpc) is 2.58. The summed E-state index contributed by atoms with van der Waals surface area (Å²) in [6, 6.07) is 17.7. The Bertz CT molecular complexity index is 591. The molecule has 2 aromatic rings. The van der Waals surface area contributed by atoms with Crippen molar-refractivity contribution >= 4 is 18.3 Å². The van der Waals surface area contributed by atoms with Crippen molar-refractivity contribution in [2.45, 2.75) is 6.92 Å². The van der Waals surface area contributed by atoms with Crippen LogP contribution in [0.1, 0.15) is 6.92 Å². The summed E-state index contributed by atoms with van der Waals surface area (Å²) in [6.45, 7) is 4.33. The lowest BCUT2D eigenvalue weighted by Gasteiger charge is -2.12. The smallest absolute Gasteiger partial charge is 0.257 e. The third-order valence-corrected chi connectivity index (χ3v) is 3.20. The van der Waals surface area contributed by atoms with Crippen molar-refractivity contribution < 1.29 is 9.53 Å². The Morgan fingerprint density at radius 2 is 1.70 bits per heavy atom. The van der Waals surface area contributed by atoms with Crippen LogP contribution in [0.25, 0.3) is 11.1 Å². The molecule has 0 saturated heterocycles. The summed E-state index contributed by atoms with van der Waals surface area (Å²) in [5.74, 6) is 0.608. The lowest BCUT2D eigenvalue weighted by Crippen LogP contribution is -2.34. The molecule has 124 valence electrons. The monoisotopic (exact) mass is 334 g/mol. The van der Waals surface area contributed by atoms with Gasteiger partial charge in [0, 0.05) is 18.7 Å². The van der Waals surface area contributed by atoms with Crippen molar-refractivity contribution in [2.75, 3.05) is 26.2 Å². The molecule has 0 radical (unpaired) electrons. The zero-order valence-electron chi connectivity index (χ0n) is 13.2. The van der Waals surface area contributed by atoms with E-state index in [0.717, 1.165) is 30.0 Å². The molecule has 0 heterocycles. The van der Waals surface area contributed by atoms with Gasteiger partial charge in [-0.15, -0.1) is 12.4 Å². The van der Waals surface area contributed by atoms with Crippen molar-refractivity contribution in [2.24, 2.45) is 0 Å². The Kier molecular flexibility index (Phi) is 8.80. The fourth-order valence-corrected chi connectivity index (χ4v) is 2.11. The minimum absolute atomic E-state index is 0. The summed E-state index contributed by atoms with van der Waals surface area (Å²) in [5, 5.41) is 5.97. The molecule has 2 aromatic carbocycles. The molecule has 0 saturated carbocycles. The number of rotatable bonds is 8. The Labute approximate surface area is 143 Å². The second kappa shape index (κ2) is 10.6. The molecule has 0 fully saturated rings. The molecule has 0 aliphatic rings. The van der Waals surface area contributed by atoms with Gasteiger partial charge in [0.15, 0.2) is 6.61 Å². The van der Waals surface area contributed by atoms with Gasteiger partial charge in [0.2, 0.25) is 0 Å². The first kappa shape index (κ1) is 19.0.